The molecule has 0 atom stereocenters. The van der Waals surface area contributed by atoms with Crippen molar-refractivity contribution in [3.8, 4) is 0 Å². The average Bonchev–Trinajstić information content (AvgIpc) is 2.24. The van der Waals surface area contributed by atoms with Crippen molar-refractivity contribution in [2.45, 2.75) is 11.1 Å². The molecule has 16 heavy (non-hydrogen) atoms. The quantitative estimate of drug-likeness (QED) is 0.658. The van der Waals surface area contributed by atoms with Crippen LogP contribution in [-0.4, -0.2) is 18.6 Å². The average molecular weight is 249 g/mol. The number of rotatable bonds is 4. The molecule has 0 aliphatic rings. The molecule has 0 spiro atoms. The lowest BCUT2D eigenvalue weighted by Crippen LogP contribution is -2.06. The van der Waals surface area contributed by atoms with E-state index < -0.39 is 11.7 Å². The Balaban J connectivity index is 3.02. The number of halogens is 3. The number of hydrogen-bond acceptors (Lipinski definition) is 3. The fraction of sp³-hybridized carbons (Fsp3) is 0.300. The first-order valence-corrected chi connectivity index (χ1v) is 5.47. The Morgan fingerprint density at radius 2 is 2.06 bits per heavy atom. The number of carbonyl (C=O) groups excluding carboxylic acids is 1. The van der Waals surface area contributed by atoms with E-state index in [2.05, 4.69) is 0 Å². The molecule has 0 saturated carbocycles. The Morgan fingerprint density at radius 3 is 2.56 bits per heavy atom. The number of hydrogen-bond donors (Lipinski definition) is 1. The van der Waals surface area contributed by atoms with E-state index in [9.17, 15) is 18.0 Å². The molecule has 1 aromatic carbocycles. The first-order valence-electron chi connectivity index (χ1n) is 4.48. The number of nitrogens with two attached hydrogens (primary N) is 1. The highest BCUT2D eigenvalue weighted by molar-refractivity contribution is 7.99. The van der Waals surface area contributed by atoms with Gasteiger partial charge < -0.3 is 5.73 Å². The molecule has 0 aliphatic carbocycles. The minimum Gasteiger partial charge on any atom is -0.330 e. The molecular formula is C10H10F3NOS. The lowest BCUT2D eigenvalue weighted by atomic mass is 10.1. The minimum atomic E-state index is -4.42. The van der Waals surface area contributed by atoms with Gasteiger partial charge in [-0.05, 0) is 18.2 Å². The van der Waals surface area contributed by atoms with Gasteiger partial charge in [0.25, 0.3) is 0 Å². The van der Waals surface area contributed by atoms with Crippen molar-refractivity contribution in [2.24, 2.45) is 5.73 Å². The van der Waals surface area contributed by atoms with Crippen LogP contribution in [0.3, 0.4) is 0 Å². The summed E-state index contributed by atoms with van der Waals surface area (Å²) in [6.07, 6.45) is -4.00. The Labute approximate surface area is 95.0 Å². The third kappa shape index (κ3) is 3.24. The summed E-state index contributed by atoms with van der Waals surface area (Å²) in [5.74, 6) is 0.562. The van der Waals surface area contributed by atoms with Gasteiger partial charge in [0.2, 0.25) is 0 Å². The lowest BCUT2D eigenvalue weighted by molar-refractivity contribution is -0.137. The molecule has 0 bridgehead atoms. The second kappa shape index (κ2) is 5.36. The maximum atomic E-state index is 12.3. The van der Waals surface area contributed by atoms with Crippen molar-refractivity contribution in [3.05, 3.63) is 29.3 Å². The van der Waals surface area contributed by atoms with Crippen molar-refractivity contribution in [1.82, 2.24) is 0 Å². The molecular weight excluding hydrogens is 239 g/mol. The zero-order valence-corrected chi connectivity index (χ0v) is 9.07. The topological polar surface area (TPSA) is 43.1 Å². The number of benzene rings is 1. The first kappa shape index (κ1) is 13.1. The maximum Gasteiger partial charge on any atom is 0.416 e. The van der Waals surface area contributed by atoms with E-state index in [1.54, 1.807) is 0 Å². The van der Waals surface area contributed by atoms with E-state index in [1.165, 1.54) is 17.8 Å². The Morgan fingerprint density at radius 1 is 1.38 bits per heavy atom. The summed E-state index contributed by atoms with van der Waals surface area (Å²) in [7, 11) is 0. The van der Waals surface area contributed by atoms with Crippen LogP contribution in [0.5, 0.6) is 0 Å². The molecule has 0 heterocycles. The number of aldehydes is 1. The number of thioether (sulfide) groups is 1. The fourth-order valence-corrected chi connectivity index (χ4v) is 1.89. The Bertz CT molecular complexity index is 379. The van der Waals surface area contributed by atoms with E-state index >= 15 is 0 Å². The van der Waals surface area contributed by atoms with Gasteiger partial charge in [0.05, 0.1) is 5.56 Å². The summed E-state index contributed by atoms with van der Waals surface area (Å²) in [4.78, 5) is 11.2. The van der Waals surface area contributed by atoms with Gasteiger partial charge in [0.15, 0.2) is 6.29 Å². The van der Waals surface area contributed by atoms with Crippen molar-refractivity contribution >= 4 is 18.0 Å². The smallest absolute Gasteiger partial charge is 0.330 e. The van der Waals surface area contributed by atoms with E-state index in [0.717, 1.165) is 12.1 Å². The van der Waals surface area contributed by atoms with Crippen molar-refractivity contribution in [3.63, 3.8) is 0 Å². The van der Waals surface area contributed by atoms with E-state index in [0.29, 0.717) is 23.5 Å². The summed E-state index contributed by atoms with van der Waals surface area (Å²) < 4.78 is 37.0. The van der Waals surface area contributed by atoms with Crippen LogP contribution in [0, 0.1) is 0 Å². The van der Waals surface area contributed by atoms with Crippen LogP contribution in [0.15, 0.2) is 23.1 Å². The van der Waals surface area contributed by atoms with E-state index in [1.807, 2.05) is 0 Å². The normalized spacial score (nSPS) is 11.5. The van der Waals surface area contributed by atoms with E-state index in [4.69, 9.17) is 5.73 Å². The summed E-state index contributed by atoms with van der Waals surface area (Å²) in [5, 5.41) is 0. The van der Waals surface area contributed by atoms with Gasteiger partial charge in [-0.25, -0.2) is 0 Å². The molecule has 0 radical (unpaired) electrons. The van der Waals surface area contributed by atoms with Gasteiger partial charge in [-0.15, -0.1) is 11.8 Å². The van der Waals surface area contributed by atoms with Crippen LogP contribution in [-0.2, 0) is 6.18 Å². The molecule has 1 aromatic rings. The van der Waals surface area contributed by atoms with Gasteiger partial charge in [-0.2, -0.15) is 13.2 Å². The largest absolute Gasteiger partial charge is 0.416 e. The second-order valence-corrected chi connectivity index (χ2v) is 4.14. The van der Waals surface area contributed by atoms with Gasteiger partial charge in [0.1, 0.15) is 0 Å². The van der Waals surface area contributed by atoms with Gasteiger partial charge in [-0.1, -0.05) is 0 Å². The molecule has 6 heteroatoms. The standard InChI is InChI=1S/C10H10F3NOS/c11-10(12,13)8-1-2-9(16-4-3-14)7(5-8)6-15/h1-2,5-6H,3-4,14H2. The van der Waals surface area contributed by atoms with Gasteiger partial charge in [-0.3, -0.25) is 4.79 Å². The molecule has 0 aliphatic heterocycles. The van der Waals surface area contributed by atoms with Crippen molar-refractivity contribution in [1.29, 1.82) is 0 Å². The van der Waals surface area contributed by atoms with Crippen LogP contribution in [0.25, 0.3) is 0 Å². The molecule has 0 fully saturated rings. The van der Waals surface area contributed by atoms with Crippen LogP contribution in [0.4, 0.5) is 13.2 Å². The molecule has 0 aromatic heterocycles. The predicted octanol–water partition coefficient (Wildman–Crippen LogP) is 2.57. The summed E-state index contributed by atoms with van der Waals surface area (Å²) >= 11 is 1.27. The van der Waals surface area contributed by atoms with E-state index in [-0.39, 0.29) is 5.56 Å². The van der Waals surface area contributed by atoms with Crippen molar-refractivity contribution < 1.29 is 18.0 Å². The summed E-state index contributed by atoms with van der Waals surface area (Å²) in [5.41, 5.74) is 4.51. The van der Waals surface area contributed by atoms with Crippen molar-refractivity contribution in [2.75, 3.05) is 12.3 Å². The van der Waals surface area contributed by atoms with Crippen LogP contribution in [0.2, 0.25) is 0 Å². The molecule has 0 amide bonds. The number of carbonyl (C=O) groups is 1. The second-order valence-electron chi connectivity index (χ2n) is 3.01. The zero-order chi connectivity index (χ0) is 12.2. The predicted molar refractivity (Wildman–Crippen MR) is 56.6 cm³/mol. The zero-order valence-electron chi connectivity index (χ0n) is 8.25. The molecule has 0 saturated heterocycles. The van der Waals surface area contributed by atoms with Crippen LogP contribution >= 0.6 is 11.8 Å². The first-order chi connectivity index (χ1) is 7.49. The molecule has 2 N–H and O–H groups in total. The maximum absolute atomic E-state index is 12.3. The number of alkyl halides is 3. The van der Waals surface area contributed by atoms with Gasteiger partial charge in [0, 0.05) is 22.8 Å². The molecule has 0 unspecified atom stereocenters. The highest BCUT2D eigenvalue weighted by Gasteiger charge is 2.30. The molecule has 88 valence electrons. The Kier molecular flexibility index (Phi) is 4.37. The SMILES string of the molecule is NCCSc1ccc(C(F)(F)F)cc1C=O. The summed E-state index contributed by atoms with van der Waals surface area (Å²) in [6, 6.07) is 3.12. The summed E-state index contributed by atoms with van der Waals surface area (Å²) in [6.45, 7) is 0.407. The third-order valence-corrected chi connectivity index (χ3v) is 2.96. The van der Waals surface area contributed by atoms with Crippen LogP contribution < -0.4 is 5.73 Å². The fourth-order valence-electron chi connectivity index (χ4n) is 1.12. The molecule has 1 rings (SSSR count). The minimum absolute atomic E-state index is 0.0493. The highest BCUT2D eigenvalue weighted by Crippen LogP contribution is 2.32. The third-order valence-electron chi connectivity index (χ3n) is 1.84. The molecule has 2 nitrogen and oxygen atoms in total. The van der Waals surface area contributed by atoms with Crippen LogP contribution in [0.1, 0.15) is 15.9 Å². The highest BCUT2D eigenvalue weighted by atomic mass is 32.2. The lowest BCUT2D eigenvalue weighted by Gasteiger charge is -2.09. The van der Waals surface area contributed by atoms with Gasteiger partial charge >= 0.3 is 6.18 Å². The monoisotopic (exact) mass is 249 g/mol. The Hall–Kier alpha value is -1.01.